The second kappa shape index (κ2) is 12.6. The number of fused-ring (bicyclic) bond motifs is 13. The number of hydrogen-bond donors (Lipinski definition) is 0. The second-order valence-corrected chi connectivity index (χ2v) is 16.8. The zero-order chi connectivity index (χ0) is 39.3. The van der Waals surface area contributed by atoms with Gasteiger partial charge in [0, 0.05) is 22.5 Å². The van der Waals surface area contributed by atoms with Crippen molar-refractivity contribution >= 4 is 17.1 Å². The van der Waals surface area contributed by atoms with Gasteiger partial charge in [-0.25, -0.2) is 0 Å². The second-order valence-electron chi connectivity index (χ2n) is 16.8. The van der Waals surface area contributed by atoms with Crippen LogP contribution in [0.5, 0.6) is 0 Å². The lowest BCUT2D eigenvalue weighted by atomic mass is 9.68. The van der Waals surface area contributed by atoms with Gasteiger partial charge in [-0.15, -0.1) is 0 Å². The molecule has 278 valence electrons. The molecule has 0 N–H and O–H groups in total. The number of nitrogens with zero attached hydrogens (tertiary/aromatic N) is 1. The summed E-state index contributed by atoms with van der Waals surface area (Å²) >= 11 is 0. The Balaban J connectivity index is 1.10. The van der Waals surface area contributed by atoms with Gasteiger partial charge in [0.05, 0.1) is 5.41 Å². The summed E-state index contributed by atoms with van der Waals surface area (Å²) in [6, 6.07) is 79.2. The van der Waals surface area contributed by atoms with Gasteiger partial charge >= 0.3 is 0 Å². The van der Waals surface area contributed by atoms with Gasteiger partial charge in [-0.2, -0.15) is 0 Å². The van der Waals surface area contributed by atoms with Crippen LogP contribution in [0.15, 0.2) is 212 Å². The Morgan fingerprint density at radius 2 is 0.780 bits per heavy atom. The van der Waals surface area contributed by atoms with Gasteiger partial charge in [0.15, 0.2) is 0 Å². The molecule has 0 saturated carbocycles. The van der Waals surface area contributed by atoms with Crippen LogP contribution in [0.4, 0.5) is 17.1 Å². The highest BCUT2D eigenvalue weighted by Gasteiger charge is 2.53. The van der Waals surface area contributed by atoms with E-state index in [1.807, 2.05) is 0 Å². The molecule has 0 fully saturated rings. The summed E-state index contributed by atoms with van der Waals surface area (Å²) in [5, 5.41) is 0. The fourth-order valence-electron chi connectivity index (χ4n) is 11.0. The summed E-state index contributed by atoms with van der Waals surface area (Å²) in [5.41, 5.74) is 23.8. The Bertz CT molecular complexity index is 3090. The highest BCUT2D eigenvalue weighted by atomic mass is 15.1. The van der Waals surface area contributed by atoms with E-state index in [0.29, 0.717) is 0 Å². The maximum absolute atomic E-state index is 2.43. The van der Waals surface area contributed by atoms with E-state index in [1.54, 1.807) is 0 Å². The van der Waals surface area contributed by atoms with Gasteiger partial charge in [-0.3, -0.25) is 0 Å². The van der Waals surface area contributed by atoms with E-state index >= 15 is 0 Å². The van der Waals surface area contributed by atoms with Crippen LogP contribution in [0.3, 0.4) is 0 Å². The average molecular weight is 752 g/mol. The van der Waals surface area contributed by atoms with Crippen molar-refractivity contribution in [2.24, 2.45) is 0 Å². The zero-order valence-electron chi connectivity index (χ0n) is 33.2. The van der Waals surface area contributed by atoms with Crippen molar-refractivity contribution in [3.63, 3.8) is 0 Å². The van der Waals surface area contributed by atoms with Gasteiger partial charge in [0.25, 0.3) is 0 Å². The van der Waals surface area contributed by atoms with Crippen LogP contribution >= 0.6 is 0 Å². The largest absolute Gasteiger partial charge is 0.310 e. The smallest absolute Gasteiger partial charge is 0.0731 e. The summed E-state index contributed by atoms with van der Waals surface area (Å²) in [4.78, 5) is 2.43. The molecule has 9 aromatic carbocycles. The molecule has 0 aromatic heterocycles. The maximum atomic E-state index is 2.43. The Hall–Kier alpha value is -7.22. The molecule has 0 unspecified atom stereocenters. The highest BCUT2D eigenvalue weighted by molar-refractivity contribution is 6.03. The molecule has 1 heteroatoms. The number of rotatable bonds is 5. The Morgan fingerprint density at radius 1 is 0.305 bits per heavy atom. The highest BCUT2D eigenvalue weighted by Crippen LogP contribution is 2.65. The minimum atomic E-state index is -0.491. The van der Waals surface area contributed by atoms with Gasteiger partial charge in [-0.05, 0) is 125 Å². The normalized spacial score (nSPS) is 14.2. The molecule has 0 saturated heterocycles. The van der Waals surface area contributed by atoms with Crippen LogP contribution in [0.1, 0.15) is 47.2 Å². The van der Waals surface area contributed by atoms with Crippen LogP contribution in [0.2, 0.25) is 0 Å². The number of benzene rings is 9. The molecule has 0 radical (unpaired) electrons. The minimum absolute atomic E-state index is 0.105. The third-order valence-corrected chi connectivity index (χ3v) is 13.5. The Morgan fingerprint density at radius 3 is 1.51 bits per heavy atom. The Kier molecular flexibility index (Phi) is 7.26. The molecule has 0 amide bonds. The predicted molar refractivity (Wildman–Crippen MR) is 246 cm³/mol. The third-order valence-electron chi connectivity index (χ3n) is 13.5. The summed E-state index contributed by atoms with van der Waals surface area (Å²) in [7, 11) is 0. The topological polar surface area (TPSA) is 3.24 Å². The number of anilines is 3. The van der Waals surface area contributed by atoms with Crippen molar-refractivity contribution in [1.82, 2.24) is 0 Å². The molecule has 3 aliphatic rings. The monoisotopic (exact) mass is 751 g/mol. The van der Waals surface area contributed by atoms with Crippen molar-refractivity contribution in [1.29, 1.82) is 0 Å². The van der Waals surface area contributed by atoms with Crippen LogP contribution in [-0.2, 0) is 10.8 Å². The SMILES string of the molecule is CC1(C)c2ccccc2-c2ccc(N(c3ccccc3)c3cccc(-c4cccc5c4C4(c6ccccc6-c6ccccc64)c4cccc(-c6ccccc6)c4-5)c3)cc21. The Labute approximate surface area is 346 Å². The molecular weight excluding hydrogens is 711 g/mol. The first-order chi connectivity index (χ1) is 29.0. The van der Waals surface area contributed by atoms with Crippen molar-refractivity contribution in [3.05, 3.63) is 246 Å². The van der Waals surface area contributed by atoms with Crippen LogP contribution in [-0.4, -0.2) is 0 Å². The molecule has 9 aromatic rings. The van der Waals surface area contributed by atoms with Crippen LogP contribution in [0, 0.1) is 0 Å². The lowest BCUT2D eigenvalue weighted by Gasteiger charge is -2.32. The van der Waals surface area contributed by atoms with E-state index in [0.717, 1.165) is 17.1 Å². The first-order valence-electron chi connectivity index (χ1n) is 20.8. The summed E-state index contributed by atoms with van der Waals surface area (Å²) < 4.78 is 0. The number of para-hydroxylation sites is 1. The van der Waals surface area contributed by atoms with E-state index in [1.165, 1.54) is 89.0 Å². The van der Waals surface area contributed by atoms with E-state index in [4.69, 9.17) is 0 Å². The van der Waals surface area contributed by atoms with Crippen LogP contribution < -0.4 is 4.90 Å². The minimum Gasteiger partial charge on any atom is -0.310 e. The van der Waals surface area contributed by atoms with Gasteiger partial charge in [0.2, 0.25) is 0 Å². The van der Waals surface area contributed by atoms with Gasteiger partial charge in [-0.1, -0.05) is 190 Å². The quantitative estimate of drug-likeness (QED) is 0.169. The van der Waals surface area contributed by atoms with E-state index in [9.17, 15) is 0 Å². The first-order valence-corrected chi connectivity index (χ1v) is 20.8. The van der Waals surface area contributed by atoms with E-state index in [-0.39, 0.29) is 5.41 Å². The van der Waals surface area contributed by atoms with Gasteiger partial charge < -0.3 is 4.90 Å². The average Bonchev–Trinajstić information content (AvgIpc) is 3.86. The van der Waals surface area contributed by atoms with Crippen molar-refractivity contribution < 1.29 is 0 Å². The summed E-state index contributed by atoms with van der Waals surface area (Å²) in [5.74, 6) is 0. The molecule has 1 nitrogen and oxygen atoms in total. The molecule has 0 aliphatic heterocycles. The lowest BCUT2D eigenvalue weighted by Crippen LogP contribution is -2.26. The predicted octanol–water partition coefficient (Wildman–Crippen LogP) is 15.1. The molecule has 0 bridgehead atoms. The van der Waals surface area contributed by atoms with Crippen LogP contribution in [0.25, 0.3) is 55.6 Å². The van der Waals surface area contributed by atoms with Gasteiger partial charge in [0.1, 0.15) is 0 Å². The maximum Gasteiger partial charge on any atom is 0.0731 e. The van der Waals surface area contributed by atoms with E-state index < -0.39 is 5.41 Å². The lowest BCUT2D eigenvalue weighted by molar-refractivity contribution is 0.660. The first kappa shape index (κ1) is 33.9. The third kappa shape index (κ3) is 4.67. The summed E-state index contributed by atoms with van der Waals surface area (Å²) in [6.07, 6.45) is 0. The van der Waals surface area contributed by atoms with Crippen molar-refractivity contribution in [2.75, 3.05) is 4.90 Å². The van der Waals surface area contributed by atoms with E-state index in [2.05, 4.69) is 231 Å². The molecule has 12 rings (SSSR count). The summed E-state index contributed by atoms with van der Waals surface area (Å²) in [6.45, 7) is 4.72. The molecule has 1 spiro atoms. The number of hydrogen-bond acceptors (Lipinski definition) is 1. The molecule has 0 heterocycles. The molecule has 0 atom stereocenters. The molecule has 59 heavy (non-hydrogen) atoms. The fraction of sp³-hybridized carbons (Fsp3) is 0.0690. The standard InChI is InChI=1S/C58H41N/c1-57(2)50-30-12-9-24-45(50)48-35-34-42(37-54(48)57)59(40-21-7-4-8-22-40)41-23-15-20-39(36-41)44-28-16-29-49-55-43(38-18-5-3-6-19-38)27-17-33-53(55)58(56(44)49)51-31-13-10-25-46(51)47-26-11-14-32-52(47)58/h3-37H,1-2H3. The van der Waals surface area contributed by atoms with Crippen molar-refractivity contribution in [2.45, 2.75) is 24.7 Å². The zero-order valence-corrected chi connectivity index (χ0v) is 33.2. The fourth-order valence-corrected chi connectivity index (χ4v) is 11.0. The molecule has 3 aliphatic carbocycles. The van der Waals surface area contributed by atoms with Crippen molar-refractivity contribution in [3.8, 4) is 55.6 Å². The molecular formula is C58H41N.